The van der Waals surface area contributed by atoms with Gasteiger partial charge in [0.2, 0.25) is 5.91 Å². The van der Waals surface area contributed by atoms with Gasteiger partial charge in [-0.25, -0.2) is 0 Å². The smallest absolute Gasteiger partial charge is 0.306 e. The van der Waals surface area contributed by atoms with Gasteiger partial charge in [-0.05, 0) is 30.3 Å². The molecule has 9 heteroatoms. The largest absolute Gasteiger partial charge is 0.493 e. The maximum atomic E-state index is 11.8. The maximum Gasteiger partial charge on any atom is 0.306 e. The van der Waals surface area contributed by atoms with Crippen LogP contribution in [0.4, 0.5) is 0 Å². The molecule has 144 valence electrons. The topological polar surface area (TPSA) is 85.9 Å². The Bertz CT molecular complexity index is 654. The van der Waals surface area contributed by atoms with Crippen molar-refractivity contribution in [3.63, 3.8) is 0 Å². The Hall–Kier alpha value is -2.06. The molecule has 0 aliphatic rings. The van der Waals surface area contributed by atoms with E-state index in [-0.39, 0.29) is 30.4 Å². The number of rotatable bonds is 9. The van der Waals surface area contributed by atoms with Gasteiger partial charge in [0.15, 0.2) is 16.6 Å². The van der Waals surface area contributed by atoms with Crippen LogP contribution < -0.4 is 20.1 Å². The highest BCUT2D eigenvalue weighted by Gasteiger charge is 2.12. The summed E-state index contributed by atoms with van der Waals surface area (Å²) in [4.78, 5) is 23.2. The molecule has 7 nitrogen and oxygen atoms in total. The highest BCUT2D eigenvalue weighted by molar-refractivity contribution is 7.80. The van der Waals surface area contributed by atoms with Crippen LogP contribution in [-0.4, -0.2) is 37.8 Å². The summed E-state index contributed by atoms with van der Waals surface area (Å²) in [5.41, 5.74) is 0.726. The molecule has 0 aliphatic heterocycles. The van der Waals surface area contributed by atoms with Gasteiger partial charge in [-0.3, -0.25) is 9.59 Å². The second kappa shape index (κ2) is 11.5. The van der Waals surface area contributed by atoms with E-state index in [1.165, 1.54) is 14.2 Å². The quantitative estimate of drug-likeness (QED) is 0.485. The second-order valence-corrected chi connectivity index (χ2v) is 6.07. The molecular weight excluding hydrogens is 380 g/mol. The summed E-state index contributed by atoms with van der Waals surface area (Å²) in [5, 5.41) is 6.01. The number of esters is 1. The van der Waals surface area contributed by atoms with Crippen LogP contribution in [-0.2, 0) is 20.9 Å². The zero-order chi connectivity index (χ0) is 19.5. The monoisotopic (exact) mass is 402 g/mol. The summed E-state index contributed by atoms with van der Waals surface area (Å²) in [7, 11) is 3.05. The van der Waals surface area contributed by atoms with Crippen molar-refractivity contribution in [3.8, 4) is 11.5 Å². The average molecular weight is 403 g/mol. The average Bonchev–Trinajstić information content (AvgIpc) is 2.63. The Morgan fingerprint density at radius 3 is 2.42 bits per heavy atom. The van der Waals surface area contributed by atoms with E-state index >= 15 is 0 Å². The number of hydrogen-bond acceptors (Lipinski definition) is 6. The normalized spacial score (nSPS) is 10.0. The highest BCUT2D eigenvalue weighted by atomic mass is 35.5. The predicted octanol–water partition coefficient (Wildman–Crippen LogP) is 2.58. The Labute approximate surface area is 163 Å². The SMILES string of the molecule is CCCOC(=O)CCC(=O)NC(=S)NCc1cc(OC)c(OC)cc1Cl. The molecule has 1 rings (SSSR count). The van der Waals surface area contributed by atoms with Gasteiger partial charge in [0.05, 0.1) is 27.2 Å². The molecule has 0 aromatic heterocycles. The minimum Gasteiger partial charge on any atom is -0.493 e. The lowest BCUT2D eigenvalue weighted by atomic mass is 10.2. The molecule has 1 amide bonds. The molecule has 1 aromatic rings. The van der Waals surface area contributed by atoms with E-state index in [2.05, 4.69) is 10.6 Å². The maximum absolute atomic E-state index is 11.8. The van der Waals surface area contributed by atoms with E-state index < -0.39 is 5.97 Å². The van der Waals surface area contributed by atoms with Crippen LogP contribution in [0.1, 0.15) is 31.7 Å². The van der Waals surface area contributed by atoms with Crippen molar-refractivity contribution in [2.45, 2.75) is 32.7 Å². The molecule has 0 heterocycles. The number of carbonyl (C=O) groups excluding carboxylic acids is 2. The first kappa shape index (κ1) is 22.0. The number of thiocarbonyl (C=S) groups is 1. The molecule has 0 fully saturated rings. The fraction of sp³-hybridized carbons (Fsp3) is 0.471. The predicted molar refractivity (Wildman–Crippen MR) is 103 cm³/mol. The van der Waals surface area contributed by atoms with Crippen LogP contribution >= 0.6 is 23.8 Å². The first-order chi connectivity index (χ1) is 12.4. The first-order valence-electron chi connectivity index (χ1n) is 8.04. The third-order valence-corrected chi connectivity index (χ3v) is 3.87. The molecule has 0 atom stereocenters. The zero-order valence-electron chi connectivity index (χ0n) is 15.0. The lowest BCUT2D eigenvalue weighted by molar-refractivity contribution is -0.144. The highest BCUT2D eigenvalue weighted by Crippen LogP contribution is 2.32. The molecule has 26 heavy (non-hydrogen) atoms. The van der Waals surface area contributed by atoms with E-state index in [0.717, 1.165) is 12.0 Å². The van der Waals surface area contributed by atoms with Crippen LogP contribution in [0.5, 0.6) is 11.5 Å². The van der Waals surface area contributed by atoms with Gasteiger partial charge in [-0.1, -0.05) is 18.5 Å². The summed E-state index contributed by atoms with van der Waals surface area (Å²) >= 11 is 11.3. The second-order valence-electron chi connectivity index (χ2n) is 5.25. The van der Waals surface area contributed by atoms with Crippen molar-refractivity contribution >= 4 is 40.8 Å². The number of methoxy groups -OCH3 is 2. The van der Waals surface area contributed by atoms with Crippen molar-refractivity contribution in [1.82, 2.24) is 10.6 Å². The van der Waals surface area contributed by atoms with Gasteiger partial charge in [-0.2, -0.15) is 0 Å². The number of hydrogen-bond donors (Lipinski definition) is 2. The van der Waals surface area contributed by atoms with Crippen molar-refractivity contribution in [3.05, 3.63) is 22.7 Å². The van der Waals surface area contributed by atoms with E-state index in [4.69, 9.17) is 38.0 Å². The van der Waals surface area contributed by atoms with Crippen LogP contribution in [0.3, 0.4) is 0 Å². The Morgan fingerprint density at radius 1 is 1.15 bits per heavy atom. The van der Waals surface area contributed by atoms with Gasteiger partial charge < -0.3 is 24.8 Å². The Balaban J connectivity index is 2.47. The molecule has 1 aromatic carbocycles. The molecule has 0 spiro atoms. The van der Waals surface area contributed by atoms with E-state index in [9.17, 15) is 9.59 Å². The molecule has 0 unspecified atom stereocenters. The lowest BCUT2D eigenvalue weighted by Gasteiger charge is -2.13. The molecule has 2 N–H and O–H groups in total. The number of amides is 1. The molecule has 0 saturated heterocycles. The number of benzene rings is 1. The van der Waals surface area contributed by atoms with Crippen LogP contribution in [0, 0.1) is 0 Å². The van der Waals surface area contributed by atoms with E-state index in [1.807, 2.05) is 6.92 Å². The number of nitrogens with one attached hydrogen (secondary N) is 2. The molecule has 0 radical (unpaired) electrons. The number of halogens is 1. The standard InChI is InChI=1S/C17H23ClN2O5S/c1-4-7-25-16(22)6-5-15(21)20-17(26)19-10-11-8-13(23-2)14(24-3)9-12(11)18/h8-9H,4-7,10H2,1-3H3,(H2,19,20,21,26). The summed E-state index contributed by atoms with van der Waals surface area (Å²) in [6, 6.07) is 3.36. The number of ether oxygens (including phenoxy) is 3. The van der Waals surface area contributed by atoms with Crippen LogP contribution in [0.15, 0.2) is 12.1 Å². The van der Waals surface area contributed by atoms with Crippen molar-refractivity contribution in [1.29, 1.82) is 0 Å². The first-order valence-corrected chi connectivity index (χ1v) is 8.83. The van der Waals surface area contributed by atoms with Gasteiger partial charge in [0, 0.05) is 24.1 Å². The van der Waals surface area contributed by atoms with E-state index in [0.29, 0.717) is 23.1 Å². The minimum atomic E-state index is -0.405. The molecule has 0 bridgehead atoms. The molecular formula is C17H23ClN2O5S. The van der Waals surface area contributed by atoms with Gasteiger partial charge >= 0.3 is 5.97 Å². The minimum absolute atomic E-state index is 0.00147. The van der Waals surface area contributed by atoms with Gasteiger partial charge in [-0.15, -0.1) is 0 Å². The van der Waals surface area contributed by atoms with Crippen molar-refractivity contribution in [2.75, 3.05) is 20.8 Å². The third-order valence-electron chi connectivity index (χ3n) is 3.27. The Kier molecular flexibility index (Phi) is 9.75. The van der Waals surface area contributed by atoms with Gasteiger partial charge in [0.25, 0.3) is 0 Å². The summed E-state index contributed by atoms with van der Waals surface area (Å²) in [5.74, 6) is 0.286. The van der Waals surface area contributed by atoms with E-state index in [1.54, 1.807) is 12.1 Å². The summed E-state index contributed by atoms with van der Waals surface area (Å²) < 4.78 is 15.3. The Morgan fingerprint density at radius 2 is 1.81 bits per heavy atom. The fourth-order valence-corrected chi connectivity index (χ4v) is 2.35. The molecule has 0 aliphatic carbocycles. The zero-order valence-corrected chi connectivity index (χ0v) is 16.6. The van der Waals surface area contributed by atoms with Gasteiger partial charge in [0.1, 0.15) is 0 Å². The van der Waals surface area contributed by atoms with Crippen molar-refractivity contribution in [2.24, 2.45) is 0 Å². The fourth-order valence-electron chi connectivity index (χ4n) is 1.94. The van der Waals surface area contributed by atoms with Crippen LogP contribution in [0.25, 0.3) is 0 Å². The third kappa shape index (κ3) is 7.45. The number of carbonyl (C=O) groups is 2. The molecule has 0 saturated carbocycles. The van der Waals surface area contributed by atoms with Crippen molar-refractivity contribution < 1.29 is 23.8 Å². The van der Waals surface area contributed by atoms with Crippen LogP contribution in [0.2, 0.25) is 5.02 Å². The summed E-state index contributed by atoms with van der Waals surface area (Å²) in [6.45, 7) is 2.54. The summed E-state index contributed by atoms with van der Waals surface area (Å²) in [6.07, 6.45) is 0.752. The lowest BCUT2D eigenvalue weighted by Crippen LogP contribution is -2.39.